The number of ether oxygens (including phenoxy) is 1. The van der Waals surface area contributed by atoms with Crippen molar-refractivity contribution in [1.82, 2.24) is 15.3 Å². The number of nitrogens with two attached hydrogens (primary N) is 2. The first-order valence-corrected chi connectivity index (χ1v) is 11.0. The number of nitrogens with one attached hydrogen (secondary N) is 2. The summed E-state index contributed by atoms with van der Waals surface area (Å²) in [5, 5.41) is 5.90. The molecular weight excluding hydrogens is 432 g/mol. The van der Waals surface area contributed by atoms with Crippen molar-refractivity contribution < 1.29 is 9.53 Å². The summed E-state index contributed by atoms with van der Waals surface area (Å²) in [7, 11) is 0. The van der Waals surface area contributed by atoms with E-state index in [1.807, 2.05) is 24.3 Å². The van der Waals surface area contributed by atoms with E-state index in [-0.39, 0.29) is 5.96 Å². The van der Waals surface area contributed by atoms with Crippen LogP contribution in [0.4, 0.5) is 16.4 Å². The molecule has 0 bridgehead atoms. The zero-order valence-electron chi connectivity index (χ0n) is 18.8. The Bertz CT molecular complexity index is 1120. The first-order chi connectivity index (χ1) is 16.6. The monoisotopic (exact) mass is 460 g/mol. The van der Waals surface area contributed by atoms with Crippen LogP contribution in [0.25, 0.3) is 11.1 Å². The molecule has 1 aromatic heterocycles. The van der Waals surface area contributed by atoms with Crippen LogP contribution in [0.5, 0.6) is 0 Å². The molecule has 10 heteroatoms. The highest BCUT2D eigenvalue weighted by molar-refractivity contribution is 5.90. The van der Waals surface area contributed by atoms with Crippen LogP contribution < -0.4 is 27.0 Å². The van der Waals surface area contributed by atoms with Gasteiger partial charge in [-0.25, -0.2) is 14.8 Å². The number of hydrogen-bond acceptors (Lipinski definition) is 6. The Morgan fingerprint density at radius 3 is 2.41 bits per heavy atom. The number of hydrogen-bond donors (Lipinski definition) is 4. The van der Waals surface area contributed by atoms with Crippen molar-refractivity contribution in [3.63, 3.8) is 0 Å². The van der Waals surface area contributed by atoms with Crippen molar-refractivity contribution in [2.24, 2.45) is 16.5 Å². The summed E-state index contributed by atoms with van der Waals surface area (Å²) in [6.45, 7) is 4.33. The molecule has 2 amide bonds. The number of carbonyl (C=O) groups excluding carboxylic acids is 1. The minimum absolute atomic E-state index is 0.276. The van der Waals surface area contributed by atoms with Crippen LogP contribution in [0.2, 0.25) is 0 Å². The molecule has 0 atom stereocenters. The van der Waals surface area contributed by atoms with Crippen LogP contribution in [0.1, 0.15) is 11.1 Å². The van der Waals surface area contributed by atoms with Gasteiger partial charge in [0.1, 0.15) is 0 Å². The molecule has 0 aliphatic carbocycles. The van der Waals surface area contributed by atoms with Gasteiger partial charge >= 0.3 is 6.03 Å². The van der Waals surface area contributed by atoms with Crippen LogP contribution >= 0.6 is 0 Å². The fourth-order valence-electron chi connectivity index (χ4n) is 3.59. The van der Waals surface area contributed by atoms with Gasteiger partial charge in [0.25, 0.3) is 0 Å². The average Bonchev–Trinajstić information content (AvgIpc) is 2.87. The van der Waals surface area contributed by atoms with Gasteiger partial charge in [-0.1, -0.05) is 30.3 Å². The van der Waals surface area contributed by atoms with E-state index in [0.717, 1.165) is 48.6 Å². The number of urea groups is 1. The van der Waals surface area contributed by atoms with Crippen LogP contribution in [-0.4, -0.2) is 48.3 Å². The second-order valence-electron chi connectivity index (χ2n) is 7.81. The van der Waals surface area contributed by atoms with Gasteiger partial charge in [-0.2, -0.15) is 4.99 Å². The molecule has 176 valence electrons. The van der Waals surface area contributed by atoms with E-state index in [0.29, 0.717) is 19.0 Å². The van der Waals surface area contributed by atoms with Gasteiger partial charge < -0.3 is 31.7 Å². The number of anilines is 2. The summed E-state index contributed by atoms with van der Waals surface area (Å²) in [6.07, 6.45) is 3.54. The molecule has 0 radical (unpaired) electrons. The number of aromatic nitrogens is 2. The Morgan fingerprint density at radius 2 is 1.71 bits per heavy atom. The van der Waals surface area contributed by atoms with Crippen molar-refractivity contribution in [3.05, 3.63) is 72.1 Å². The van der Waals surface area contributed by atoms with E-state index in [4.69, 9.17) is 16.2 Å². The first-order valence-electron chi connectivity index (χ1n) is 11.0. The Hall–Kier alpha value is -4.18. The van der Waals surface area contributed by atoms with Crippen molar-refractivity contribution in [3.8, 4) is 11.1 Å². The molecule has 3 aromatic rings. The maximum absolute atomic E-state index is 11.6. The zero-order valence-corrected chi connectivity index (χ0v) is 18.8. The largest absolute Gasteiger partial charge is 0.378 e. The third-order valence-corrected chi connectivity index (χ3v) is 5.35. The van der Waals surface area contributed by atoms with Crippen LogP contribution in [0.3, 0.4) is 0 Å². The van der Waals surface area contributed by atoms with Gasteiger partial charge in [-0.3, -0.25) is 0 Å². The molecule has 6 N–H and O–H groups in total. The van der Waals surface area contributed by atoms with E-state index in [2.05, 4.69) is 54.8 Å². The summed E-state index contributed by atoms with van der Waals surface area (Å²) in [4.78, 5) is 26.2. The minimum atomic E-state index is -0.583. The number of aliphatic imine (C=N–C) groups is 1. The van der Waals surface area contributed by atoms with Crippen LogP contribution in [-0.2, 0) is 17.8 Å². The van der Waals surface area contributed by atoms with Crippen LogP contribution in [0.15, 0.2) is 65.9 Å². The quantitative estimate of drug-likeness (QED) is 0.310. The van der Waals surface area contributed by atoms with E-state index in [1.165, 1.54) is 5.69 Å². The number of carbonyl (C=O) groups is 1. The molecule has 0 spiro atoms. The van der Waals surface area contributed by atoms with Gasteiger partial charge in [-0.05, 0) is 34.9 Å². The van der Waals surface area contributed by atoms with Crippen molar-refractivity contribution in [1.29, 1.82) is 0 Å². The van der Waals surface area contributed by atoms with Gasteiger partial charge in [0, 0.05) is 49.8 Å². The molecule has 1 saturated heterocycles. The lowest BCUT2D eigenvalue weighted by Gasteiger charge is -2.28. The molecule has 2 heterocycles. The zero-order chi connectivity index (χ0) is 23.8. The normalized spacial score (nSPS) is 13.2. The van der Waals surface area contributed by atoms with Gasteiger partial charge in [0.05, 0.1) is 13.2 Å². The lowest BCUT2D eigenvalue weighted by molar-refractivity contribution is 0.122. The minimum Gasteiger partial charge on any atom is -0.378 e. The predicted octanol–water partition coefficient (Wildman–Crippen LogP) is 2.08. The average molecular weight is 461 g/mol. The molecule has 34 heavy (non-hydrogen) atoms. The predicted molar refractivity (Wildman–Crippen MR) is 132 cm³/mol. The highest BCUT2D eigenvalue weighted by atomic mass is 16.5. The number of benzene rings is 2. The first kappa shape index (κ1) is 23.0. The van der Waals surface area contributed by atoms with E-state index in [9.17, 15) is 4.79 Å². The molecule has 1 aliphatic rings. The molecular formula is C24H28N8O2. The van der Waals surface area contributed by atoms with Crippen LogP contribution in [0, 0.1) is 0 Å². The molecule has 0 unspecified atom stereocenters. The lowest BCUT2D eigenvalue weighted by atomic mass is 10.1. The Kier molecular flexibility index (Phi) is 7.51. The van der Waals surface area contributed by atoms with Crippen molar-refractivity contribution in [2.75, 3.05) is 36.5 Å². The number of nitrogens with zero attached hydrogens (tertiary/aromatic N) is 4. The van der Waals surface area contributed by atoms with E-state index < -0.39 is 6.03 Å². The van der Waals surface area contributed by atoms with Crippen molar-refractivity contribution >= 4 is 23.6 Å². The summed E-state index contributed by atoms with van der Waals surface area (Å²) in [5.74, 6) is 0.281. The molecule has 10 nitrogen and oxygen atoms in total. The summed E-state index contributed by atoms with van der Waals surface area (Å²) >= 11 is 0. The molecule has 4 rings (SSSR count). The standard InChI is InChI=1S/C24H28N8O2/c25-22(26)31-24(33)30-14-18-2-1-3-19(12-18)20-15-28-23(29-16-20)27-13-17-4-6-21(7-5-17)32-8-10-34-11-9-32/h1-7,12,15-16H,8-11,13-14H2,(H,27,28,29)(H5,25,26,30,31,33). The third kappa shape index (κ3) is 6.42. The number of rotatable bonds is 7. The third-order valence-electron chi connectivity index (χ3n) is 5.35. The molecule has 2 aromatic carbocycles. The summed E-state index contributed by atoms with van der Waals surface area (Å²) in [6, 6.07) is 15.6. The summed E-state index contributed by atoms with van der Waals surface area (Å²) in [5.41, 5.74) is 15.5. The molecule has 1 fully saturated rings. The SMILES string of the molecule is NC(N)=NC(=O)NCc1cccc(-c2cnc(NCc3ccc(N4CCOCC4)cc3)nc2)c1. The number of morpholine rings is 1. The van der Waals surface area contributed by atoms with E-state index in [1.54, 1.807) is 12.4 Å². The fourth-order valence-corrected chi connectivity index (χ4v) is 3.59. The Balaban J connectivity index is 1.31. The lowest BCUT2D eigenvalue weighted by Crippen LogP contribution is -2.36. The molecule has 1 aliphatic heterocycles. The topological polar surface area (TPSA) is 144 Å². The maximum Gasteiger partial charge on any atom is 0.344 e. The number of amides is 2. The second-order valence-corrected chi connectivity index (χ2v) is 7.81. The van der Waals surface area contributed by atoms with Gasteiger partial charge in [-0.15, -0.1) is 0 Å². The fraction of sp³-hybridized carbons (Fsp3) is 0.250. The second kappa shape index (κ2) is 11.1. The number of guanidine groups is 1. The van der Waals surface area contributed by atoms with Crippen molar-refractivity contribution in [2.45, 2.75) is 13.1 Å². The van der Waals surface area contributed by atoms with E-state index >= 15 is 0 Å². The maximum atomic E-state index is 11.6. The Labute approximate surface area is 198 Å². The Morgan fingerprint density at radius 1 is 0.971 bits per heavy atom. The van der Waals surface area contributed by atoms with Gasteiger partial charge in [0.15, 0.2) is 5.96 Å². The highest BCUT2D eigenvalue weighted by Crippen LogP contribution is 2.20. The molecule has 0 saturated carbocycles. The smallest absolute Gasteiger partial charge is 0.344 e. The highest BCUT2D eigenvalue weighted by Gasteiger charge is 2.11. The van der Waals surface area contributed by atoms with Gasteiger partial charge in [0.2, 0.25) is 5.95 Å². The summed E-state index contributed by atoms with van der Waals surface area (Å²) < 4.78 is 5.41.